The molecule has 3 heterocycles. The van der Waals surface area contributed by atoms with Gasteiger partial charge < -0.3 is 28.9 Å². The third-order valence-corrected chi connectivity index (χ3v) is 5.79. The van der Waals surface area contributed by atoms with Crippen LogP contribution < -0.4 is 0 Å². The fraction of sp³-hybridized carbons (Fsp3) is 0.842. The average Bonchev–Trinajstić information content (AvgIpc) is 3.15. The minimum absolute atomic E-state index is 0.168. The molecular formula is C19H31N3O6. The molecule has 0 N–H and O–H groups in total. The number of piperazine rings is 1. The van der Waals surface area contributed by atoms with E-state index in [9.17, 15) is 14.4 Å². The van der Waals surface area contributed by atoms with Crippen LogP contribution >= 0.6 is 0 Å². The van der Waals surface area contributed by atoms with E-state index in [1.807, 2.05) is 0 Å². The topological polar surface area (TPSA) is 88.6 Å². The third kappa shape index (κ3) is 4.10. The summed E-state index contributed by atoms with van der Waals surface area (Å²) in [5, 5.41) is 0. The first-order valence-corrected chi connectivity index (χ1v) is 10.1. The van der Waals surface area contributed by atoms with Gasteiger partial charge in [-0.1, -0.05) is 0 Å². The summed E-state index contributed by atoms with van der Waals surface area (Å²) < 4.78 is 16.4. The minimum atomic E-state index is -1.14. The zero-order valence-electron chi connectivity index (χ0n) is 17.1. The Kier molecular flexibility index (Phi) is 6.14. The van der Waals surface area contributed by atoms with Gasteiger partial charge in [-0.3, -0.25) is 9.59 Å². The number of carbonyl (C=O) groups is 3. The van der Waals surface area contributed by atoms with E-state index in [1.165, 1.54) is 0 Å². The van der Waals surface area contributed by atoms with Gasteiger partial charge in [-0.05, 0) is 20.8 Å². The largest absolute Gasteiger partial charge is 0.450 e. The number of ether oxygens (including phenoxy) is 3. The fourth-order valence-corrected chi connectivity index (χ4v) is 4.03. The van der Waals surface area contributed by atoms with Crippen molar-refractivity contribution in [3.63, 3.8) is 0 Å². The van der Waals surface area contributed by atoms with Crippen molar-refractivity contribution >= 4 is 17.9 Å². The summed E-state index contributed by atoms with van der Waals surface area (Å²) in [6.45, 7) is 9.31. The van der Waals surface area contributed by atoms with Gasteiger partial charge in [-0.2, -0.15) is 0 Å². The first kappa shape index (κ1) is 20.9. The van der Waals surface area contributed by atoms with Gasteiger partial charge in [0.15, 0.2) is 5.79 Å². The van der Waals surface area contributed by atoms with Crippen LogP contribution in [0.15, 0.2) is 0 Å². The Morgan fingerprint density at radius 1 is 0.857 bits per heavy atom. The van der Waals surface area contributed by atoms with Crippen molar-refractivity contribution in [2.45, 2.75) is 39.4 Å². The molecule has 3 amide bonds. The van der Waals surface area contributed by atoms with Gasteiger partial charge in [0, 0.05) is 52.1 Å². The van der Waals surface area contributed by atoms with Crippen LogP contribution in [0.2, 0.25) is 0 Å². The molecule has 1 spiro atoms. The summed E-state index contributed by atoms with van der Waals surface area (Å²) in [5.41, 5.74) is -1.14. The van der Waals surface area contributed by atoms with Crippen LogP contribution in [0.4, 0.5) is 4.79 Å². The van der Waals surface area contributed by atoms with Gasteiger partial charge in [0.2, 0.25) is 11.8 Å². The summed E-state index contributed by atoms with van der Waals surface area (Å²) in [6.07, 6.45) is 0.895. The number of hydrogen-bond donors (Lipinski definition) is 0. The van der Waals surface area contributed by atoms with E-state index in [2.05, 4.69) is 0 Å². The van der Waals surface area contributed by atoms with Gasteiger partial charge >= 0.3 is 6.09 Å². The molecule has 3 saturated heterocycles. The normalized spacial score (nSPS) is 22.5. The van der Waals surface area contributed by atoms with Crippen LogP contribution in [-0.2, 0) is 23.8 Å². The fourth-order valence-electron chi connectivity index (χ4n) is 4.03. The Balaban J connectivity index is 1.54. The summed E-state index contributed by atoms with van der Waals surface area (Å²) in [4.78, 5) is 42.9. The monoisotopic (exact) mass is 397 g/mol. The predicted octanol–water partition coefficient (Wildman–Crippen LogP) is 0.679. The molecule has 0 atom stereocenters. The van der Waals surface area contributed by atoms with Crippen molar-refractivity contribution in [3.05, 3.63) is 0 Å². The van der Waals surface area contributed by atoms with Crippen molar-refractivity contribution < 1.29 is 28.6 Å². The number of amides is 3. The van der Waals surface area contributed by atoms with Crippen LogP contribution in [0.1, 0.15) is 33.6 Å². The molecule has 28 heavy (non-hydrogen) atoms. The lowest BCUT2D eigenvalue weighted by atomic mass is 9.88. The average molecular weight is 397 g/mol. The van der Waals surface area contributed by atoms with Crippen molar-refractivity contribution in [3.8, 4) is 0 Å². The van der Waals surface area contributed by atoms with Crippen LogP contribution in [0.25, 0.3) is 0 Å². The highest BCUT2D eigenvalue weighted by Gasteiger charge is 2.46. The lowest BCUT2D eigenvalue weighted by Gasteiger charge is -2.42. The van der Waals surface area contributed by atoms with Crippen LogP contribution in [0, 0.1) is 5.41 Å². The summed E-state index contributed by atoms with van der Waals surface area (Å²) in [7, 11) is 0. The molecule has 158 valence electrons. The molecule has 3 aliphatic rings. The molecule has 0 aromatic heterocycles. The van der Waals surface area contributed by atoms with E-state index in [0.717, 1.165) is 0 Å². The molecule has 0 aromatic carbocycles. The molecule has 0 bridgehead atoms. The van der Waals surface area contributed by atoms with Gasteiger partial charge in [0.05, 0.1) is 19.8 Å². The molecule has 9 heteroatoms. The Morgan fingerprint density at radius 2 is 1.32 bits per heavy atom. The summed E-state index contributed by atoms with van der Waals surface area (Å²) in [6, 6.07) is 0. The highest BCUT2D eigenvalue weighted by Crippen LogP contribution is 2.33. The summed E-state index contributed by atoms with van der Waals surface area (Å²) >= 11 is 0. The molecule has 3 rings (SSSR count). The number of likely N-dealkylation sites (tertiary alicyclic amines) is 1. The Hall–Kier alpha value is -1.87. The highest BCUT2D eigenvalue weighted by atomic mass is 16.7. The van der Waals surface area contributed by atoms with Gasteiger partial charge in [-0.15, -0.1) is 0 Å². The van der Waals surface area contributed by atoms with E-state index < -0.39 is 11.2 Å². The van der Waals surface area contributed by atoms with Crippen LogP contribution in [0.3, 0.4) is 0 Å². The van der Waals surface area contributed by atoms with Gasteiger partial charge in [-0.25, -0.2) is 4.79 Å². The molecule has 3 aliphatic heterocycles. The highest BCUT2D eigenvalue weighted by molar-refractivity contribution is 6.04. The lowest BCUT2D eigenvalue weighted by Crippen LogP contribution is -2.58. The Morgan fingerprint density at radius 3 is 1.82 bits per heavy atom. The zero-order chi connectivity index (χ0) is 20.4. The summed E-state index contributed by atoms with van der Waals surface area (Å²) in [5.74, 6) is -0.915. The number of nitrogens with zero attached hydrogens (tertiary/aromatic N) is 3. The van der Waals surface area contributed by atoms with Crippen molar-refractivity contribution in [1.82, 2.24) is 14.7 Å². The molecule has 9 nitrogen and oxygen atoms in total. The number of carbonyl (C=O) groups excluding carboxylic acids is 3. The SMILES string of the molecule is CCOC(=O)N1CCN(C(=O)C(C)(C)C(=O)N2CCC3(CC2)OCCO3)CC1. The maximum Gasteiger partial charge on any atom is 0.409 e. The molecule has 0 radical (unpaired) electrons. The second-order valence-corrected chi connectivity index (χ2v) is 8.00. The van der Waals surface area contributed by atoms with E-state index in [1.54, 1.807) is 35.5 Å². The minimum Gasteiger partial charge on any atom is -0.450 e. The molecule has 0 aliphatic carbocycles. The van der Waals surface area contributed by atoms with E-state index in [0.29, 0.717) is 71.9 Å². The number of rotatable bonds is 3. The van der Waals surface area contributed by atoms with Crippen molar-refractivity contribution in [2.75, 3.05) is 59.1 Å². The third-order valence-electron chi connectivity index (χ3n) is 5.79. The molecule has 0 aromatic rings. The van der Waals surface area contributed by atoms with Gasteiger partial charge in [0.1, 0.15) is 5.41 Å². The Bertz CT molecular complexity index is 599. The van der Waals surface area contributed by atoms with E-state index >= 15 is 0 Å². The van der Waals surface area contributed by atoms with Gasteiger partial charge in [0.25, 0.3) is 0 Å². The van der Waals surface area contributed by atoms with E-state index in [-0.39, 0.29) is 17.9 Å². The van der Waals surface area contributed by atoms with Crippen LogP contribution in [-0.4, -0.2) is 97.5 Å². The maximum absolute atomic E-state index is 13.1. The lowest BCUT2D eigenvalue weighted by molar-refractivity contribution is -0.190. The smallest absolute Gasteiger partial charge is 0.409 e. The first-order chi connectivity index (χ1) is 13.3. The molecule has 0 unspecified atom stereocenters. The first-order valence-electron chi connectivity index (χ1n) is 10.1. The zero-order valence-corrected chi connectivity index (χ0v) is 17.1. The second kappa shape index (κ2) is 8.24. The van der Waals surface area contributed by atoms with Crippen molar-refractivity contribution in [2.24, 2.45) is 5.41 Å². The number of hydrogen-bond acceptors (Lipinski definition) is 6. The standard InChI is InChI=1S/C19H31N3O6/c1-4-26-17(25)22-11-9-21(10-12-22)16(24)18(2,3)15(23)20-7-5-19(6-8-20)27-13-14-28-19/h4-14H2,1-3H3. The Labute approximate surface area is 165 Å². The predicted molar refractivity (Wildman–Crippen MR) is 99.4 cm³/mol. The van der Waals surface area contributed by atoms with Crippen molar-refractivity contribution in [1.29, 1.82) is 0 Å². The molecule has 3 fully saturated rings. The molecular weight excluding hydrogens is 366 g/mol. The number of piperidine rings is 1. The maximum atomic E-state index is 13.1. The quantitative estimate of drug-likeness (QED) is 0.651. The van der Waals surface area contributed by atoms with Crippen LogP contribution in [0.5, 0.6) is 0 Å². The van der Waals surface area contributed by atoms with E-state index in [4.69, 9.17) is 14.2 Å². The second-order valence-electron chi connectivity index (χ2n) is 8.00. The molecule has 0 saturated carbocycles.